The first-order chi connectivity index (χ1) is 15.6. The molecule has 1 aliphatic rings. The van der Waals surface area contributed by atoms with Gasteiger partial charge >= 0.3 is 0 Å². The lowest BCUT2D eigenvalue weighted by Crippen LogP contribution is -2.62. The van der Waals surface area contributed by atoms with Crippen LogP contribution in [0.4, 0.5) is 0 Å². The van der Waals surface area contributed by atoms with Crippen LogP contribution >= 0.6 is 11.3 Å². The van der Waals surface area contributed by atoms with E-state index >= 15 is 0 Å². The number of nitrogens with zero attached hydrogens (tertiary/aromatic N) is 1. The number of rotatable bonds is 6. The maximum Gasteiger partial charge on any atom is 0.251 e. The molecule has 8 heteroatoms. The van der Waals surface area contributed by atoms with Crippen molar-refractivity contribution in [2.75, 3.05) is 12.8 Å². The molecule has 0 saturated carbocycles. The second-order valence-corrected chi connectivity index (χ2v) is 11.8. The molecule has 2 heterocycles. The Morgan fingerprint density at radius 1 is 1.12 bits per heavy atom. The molecule has 0 unspecified atom stereocenters. The zero-order valence-electron chi connectivity index (χ0n) is 18.6. The molecular formula is C25H28N2O4S2. The van der Waals surface area contributed by atoms with Crippen molar-refractivity contribution in [3.8, 4) is 0 Å². The van der Waals surface area contributed by atoms with E-state index in [-0.39, 0.29) is 16.8 Å². The van der Waals surface area contributed by atoms with Crippen LogP contribution in [0.2, 0.25) is 0 Å². The lowest BCUT2D eigenvalue weighted by molar-refractivity contribution is -0.0656. The van der Waals surface area contributed by atoms with Crippen molar-refractivity contribution < 1.29 is 18.3 Å². The highest BCUT2D eigenvalue weighted by Gasteiger charge is 2.46. The third-order valence-corrected chi connectivity index (χ3v) is 8.25. The van der Waals surface area contributed by atoms with Gasteiger partial charge in [0.25, 0.3) is 5.91 Å². The van der Waals surface area contributed by atoms with E-state index in [2.05, 4.69) is 10.2 Å². The smallest absolute Gasteiger partial charge is 0.251 e. The summed E-state index contributed by atoms with van der Waals surface area (Å²) in [6, 6.07) is 19.2. The molecule has 1 aromatic heterocycles. The average Bonchev–Trinajstić information content (AvgIpc) is 3.31. The zero-order chi connectivity index (χ0) is 23.6. The van der Waals surface area contributed by atoms with Crippen molar-refractivity contribution in [1.29, 1.82) is 0 Å². The van der Waals surface area contributed by atoms with Crippen LogP contribution in [0.1, 0.15) is 40.2 Å². The molecule has 0 spiro atoms. The first kappa shape index (κ1) is 23.6. The lowest BCUT2D eigenvalue weighted by atomic mass is 9.81. The fraction of sp³-hybridized carbons (Fsp3) is 0.320. The van der Waals surface area contributed by atoms with Gasteiger partial charge in [-0.25, -0.2) is 8.42 Å². The van der Waals surface area contributed by atoms with Gasteiger partial charge in [-0.15, -0.1) is 11.3 Å². The molecule has 33 heavy (non-hydrogen) atoms. The van der Waals surface area contributed by atoms with Crippen LogP contribution in [0.5, 0.6) is 0 Å². The predicted molar refractivity (Wildman–Crippen MR) is 130 cm³/mol. The van der Waals surface area contributed by atoms with Crippen LogP contribution in [0.15, 0.2) is 77.0 Å². The summed E-state index contributed by atoms with van der Waals surface area (Å²) in [4.78, 5) is 16.6. The molecule has 2 N–H and O–H groups in total. The Kier molecular flexibility index (Phi) is 6.72. The van der Waals surface area contributed by atoms with Crippen molar-refractivity contribution in [2.45, 2.75) is 42.5 Å². The minimum Gasteiger partial charge on any atom is -0.388 e. The van der Waals surface area contributed by atoms with Crippen molar-refractivity contribution in [2.24, 2.45) is 0 Å². The highest BCUT2D eigenvalue weighted by molar-refractivity contribution is 7.90. The number of piperidine rings is 1. The van der Waals surface area contributed by atoms with Gasteiger partial charge in [0.2, 0.25) is 0 Å². The van der Waals surface area contributed by atoms with Crippen LogP contribution in [-0.4, -0.2) is 48.8 Å². The summed E-state index contributed by atoms with van der Waals surface area (Å²) in [6.07, 6.45) is 1.69. The molecule has 3 atom stereocenters. The molecule has 0 bridgehead atoms. The Bertz CT molecular complexity index is 1190. The van der Waals surface area contributed by atoms with Gasteiger partial charge in [0.05, 0.1) is 22.6 Å². The van der Waals surface area contributed by atoms with Crippen LogP contribution in [0, 0.1) is 0 Å². The number of benzene rings is 2. The van der Waals surface area contributed by atoms with E-state index in [1.54, 1.807) is 42.5 Å². The second-order valence-electron chi connectivity index (χ2n) is 8.77. The summed E-state index contributed by atoms with van der Waals surface area (Å²) < 4.78 is 23.6. The van der Waals surface area contributed by atoms with Crippen molar-refractivity contribution in [3.63, 3.8) is 0 Å². The highest BCUT2D eigenvalue weighted by Crippen LogP contribution is 2.39. The standard InChI is InChI=1S/C25H28N2O4S2/c1-25(29)14-15-27(17-18-10-12-20(13-11-18)33(2,30)31)22(21-9-6-16-32-21)23(25)26-24(28)19-7-4-3-5-8-19/h3-13,16,22-23,29H,14-15,17H2,1-2H3,(H,26,28)/t22-,23-,25+/m0/s1. The van der Waals surface area contributed by atoms with E-state index in [9.17, 15) is 18.3 Å². The molecule has 174 valence electrons. The van der Waals surface area contributed by atoms with Gasteiger partial charge in [-0.3, -0.25) is 9.69 Å². The molecule has 1 fully saturated rings. The third kappa shape index (κ3) is 5.35. The Morgan fingerprint density at radius 2 is 1.82 bits per heavy atom. The van der Waals surface area contributed by atoms with Crippen molar-refractivity contribution >= 4 is 27.1 Å². The van der Waals surface area contributed by atoms with E-state index in [1.165, 1.54) is 6.26 Å². The molecule has 6 nitrogen and oxygen atoms in total. The lowest BCUT2D eigenvalue weighted by Gasteiger charge is -2.48. The molecule has 0 aliphatic carbocycles. The summed E-state index contributed by atoms with van der Waals surface area (Å²) in [7, 11) is -3.26. The molecule has 1 amide bonds. The van der Waals surface area contributed by atoms with E-state index in [0.717, 1.165) is 10.4 Å². The number of sulfone groups is 1. The minimum atomic E-state index is -3.26. The van der Waals surface area contributed by atoms with Crippen LogP contribution in [0.25, 0.3) is 0 Å². The third-order valence-electron chi connectivity index (χ3n) is 6.18. The average molecular weight is 485 g/mol. The summed E-state index contributed by atoms with van der Waals surface area (Å²) in [6.45, 7) is 2.99. The molecule has 0 radical (unpaired) electrons. The van der Waals surface area contributed by atoms with Gasteiger partial charge < -0.3 is 10.4 Å². The van der Waals surface area contributed by atoms with Gasteiger partial charge in [0.1, 0.15) is 0 Å². The first-order valence-corrected chi connectivity index (χ1v) is 13.6. The van der Waals surface area contributed by atoms with Crippen LogP contribution < -0.4 is 5.32 Å². The van der Waals surface area contributed by atoms with E-state index in [4.69, 9.17) is 0 Å². The van der Waals surface area contributed by atoms with Crippen molar-refractivity contribution in [3.05, 3.63) is 88.1 Å². The molecule has 3 aromatic rings. The number of thiophene rings is 1. The summed E-state index contributed by atoms with van der Waals surface area (Å²) in [5.41, 5.74) is 0.431. The minimum absolute atomic E-state index is 0.221. The van der Waals surface area contributed by atoms with Gasteiger partial charge in [-0.1, -0.05) is 36.4 Å². The quantitative estimate of drug-likeness (QED) is 0.558. The molecule has 1 aliphatic heterocycles. The molecule has 4 rings (SSSR count). The number of aliphatic hydroxyl groups is 1. The number of likely N-dealkylation sites (tertiary alicyclic amines) is 1. The number of carbonyl (C=O) groups is 1. The Labute approximate surface area is 198 Å². The Balaban J connectivity index is 1.64. The zero-order valence-corrected chi connectivity index (χ0v) is 20.3. The fourth-order valence-electron chi connectivity index (χ4n) is 4.32. The Morgan fingerprint density at radius 3 is 2.42 bits per heavy atom. The summed E-state index contributed by atoms with van der Waals surface area (Å²) in [5, 5.41) is 16.4. The SMILES string of the molecule is C[C@@]1(O)CCN(Cc2ccc(S(C)(=O)=O)cc2)[C@@H](c2cccs2)[C@@H]1NC(=O)c1ccccc1. The summed E-state index contributed by atoms with van der Waals surface area (Å²) >= 11 is 1.59. The number of hydrogen-bond donors (Lipinski definition) is 2. The molecule has 1 saturated heterocycles. The van der Waals surface area contributed by atoms with E-state index in [1.807, 2.05) is 47.8 Å². The normalized spacial score (nSPS) is 23.8. The van der Waals surface area contributed by atoms with Gasteiger partial charge in [-0.05, 0) is 54.6 Å². The largest absolute Gasteiger partial charge is 0.388 e. The number of hydrogen-bond acceptors (Lipinski definition) is 6. The van der Waals surface area contributed by atoms with Crippen LogP contribution in [-0.2, 0) is 16.4 Å². The molecule has 2 aromatic carbocycles. The predicted octanol–water partition coefficient (Wildman–Crippen LogP) is 3.65. The maximum atomic E-state index is 13.0. The first-order valence-electron chi connectivity index (χ1n) is 10.8. The van der Waals surface area contributed by atoms with Crippen LogP contribution in [0.3, 0.4) is 0 Å². The topological polar surface area (TPSA) is 86.7 Å². The summed E-state index contributed by atoms with van der Waals surface area (Å²) in [5.74, 6) is -0.221. The fourth-order valence-corrected chi connectivity index (χ4v) is 5.85. The molecular weight excluding hydrogens is 456 g/mol. The highest BCUT2D eigenvalue weighted by atomic mass is 32.2. The second kappa shape index (κ2) is 9.38. The number of carbonyl (C=O) groups excluding carboxylic acids is 1. The van der Waals surface area contributed by atoms with E-state index in [0.29, 0.717) is 25.1 Å². The monoisotopic (exact) mass is 484 g/mol. The van der Waals surface area contributed by atoms with E-state index < -0.39 is 21.5 Å². The number of amides is 1. The number of nitrogens with one attached hydrogen (secondary N) is 1. The van der Waals surface area contributed by atoms with Gasteiger partial charge in [-0.2, -0.15) is 0 Å². The van der Waals surface area contributed by atoms with Gasteiger partial charge in [0.15, 0.2) is 9.84 Å². The van der Waals surface area contributed by atoms with Crippen molar-refractivity contribution in [1.82, 2.24) is 10.2 Å². The Hall–Kier alpha value is -2.52. The van der Waals surface area contributed by atoms with Gasteiger partial charge in [0, 0.05) is 29.8 Å². The maximum absolute atomic E-state index is 13.0.